The quantitative estimate of drug-likeness (QED) is 0.666. The first-order valence-corrected chi connectivity index (χ1v) is 5.28. The van der Waals surface area contributed by atoms with Gasteiger partial charge in [-0.2, -0.15) is 5.26 Å². The van der Waals surface area contributed by atoms with Crippen LogP contribution in [0.1, 0.15) is 33.6 Å². The van der Waals surface area contributed by atoms with Crippen molar-refractivity contribution in [3.05, 3.63) is 0 Å². The zero-order valence-electron chi connectivity index (χ0n) is 8.95. The van der Waals surface area contributed by atoms with E-state index in [1.807, 2.05) is 6.92 Å². The predicted molar refractivity (Wildman–Crippen MR) is 54.2 cm³/mol. The van der Waals surface area contributed by atoms with E-state index in [-0.39, 0.29) is 5.92 Å². The molecule has 0 radical (unpaired) electrons. The first kappa shape index (κ1) is 10.5. The Kier molecular flexibility index (Phi) is 3.74. The Morgan fingerprint density at radius 1 is 1.46 bits per heavy atom. The van der Waals surface area contributed by atoms with Gasteiger partial charge in [-0.1, -0.05) is 13.8 Å². The fourth-order valence-electron chi connectivity index (χ4n) is 2.23. The van der Waals surface area contributed by atoms with Crippen molar-refractivity contribution in [2.75, 3.05) is 13.1 Å². The second kappa shape index (κ2) is 4.62. The SMILES string of the molecule is CC(C#N)CN1CCCC1C(C)C. The Morgan fingerprint density at radius 3 is 2.69 bits per heavy atom. The summed E-state index contributed by atoms with van der Waals surface area (Å²) in [5.74, 6) is 0.910. The van der Waals surface area contributed by atoms with Gasteiger partial charge in [-0.3, -0.25) is 4.90 Å². The average molecular weight is 180 g/mol. The van der Waals surface area contributed by atoms with Crippen molar-refractivity contribution in [1.29, 1.82) is 5.26 Å². The molecule has 1 fully saturated rings. The Bertz CT molecular complexity index is 193. The lowest BCUT2D eigenvalue weighted by Crippen LogP contribution is -2.36. The van der Waals surface area contributed by atoms with E-state index in [0.29, 0.717) is 0 Å². The van der Waals surface area contributed by atoms with E-state index in [1.54, 1.807) is 0 Å². The number of hydrogen-bond donors (Lipinski definition) is 0. The first-order valence-electron chi connectivity index (χ1n) is 5.28. The molecule has 0 aromatic carbocycles. The number of nitrogens with zero attached hydrogens (tertiary/aromatic N) is 2. The average Bonchev–Trinajstić information content (AvgIpc) is 2.52. The maximum atomic E-state index is 8.74. The van der Waals surface area contributed by atoms with Gasteiger partial charge in [0.25, 0.3) is 0 Å². The lowest BCUT2D eigenvalue weighted by molar-refractivity contribution is 0.194. The van der Waals surface area contributed by atoms with Crippen LogP contribution in [0.3, 0.4) is 0 Å². The van der Waals surface area contributed by atoms with Gasteiger partial charge in [0.2, 0.25) is 0 Å². The summed E-state index contributed by atoms with van der Waals surface area (Å²) in [6, 6.07) is 3.03. The maximum Gasteiger partial charge on any atom is 0.0666 e. The van der Waals surface area contributed by atoms with Gasteiger partial charge in [0.1, 0.15) is 0 Å². The lowest BCUT2D eigenvalue weighted by Gasteiger charge is -2.28. The van der Waals surface area contributed by atoms with E-state index in [1.165, 1.54) is 19.4 Å². The van der Waals surface area contributed by atoms with E-state index in [0.717, 1.165) is 18.5 Å². The summed E-state index contributed by atoms with van der Waals surface area (Å²) in [7, 11) is 0. The number of likely N-dealkylation sites (tertiary alicyclic amines) is 1. The molecular weight excluding hydrogens is 160 g/mol. The monoisotopic (exact) mass is 180 g/mol. The third-order valence-electron chi connectivity index (χ3n) is 2.91. The van der Waals surface area contributed by atoms with Crippen molar-refractivity contribution < 1.29 is 0 Å². The van der Waals surface area contributed by atoms with E-state index >= 15 is 0 Å². The van der Waals surface area contributed by atoms with Crippen LogP contribution in [0.5, 0.6) is 0 Å². The highest BCUT2D eigenvalue weighted by Gasteiger charge is 2.27. The fraction of sp³-hybridized carbons (Fsp3) is 0.909. The predicted octanol–water partition coefficient (Wildman–Crippen LogP) is 2.27. The van der Waals surface area contributed by atoms with Crippen molar-refractivity contribution >= 4 is 0 Å². The normalized spacial score (nSPS) is 26.2. The van der Waals surface area contributed by atoms with Gasteiger partial charge < -0.3 is 0 Å². The molecule has 2 nitrogen and oxygen atoms in total. The lowest BCUT2D eigenvalue weighted by atomic mass is 10.0. The van der Waals surface area contributed by atoms with Gasteiger partial charge in [0.15, 0.2) is 0 Å². The highest BCUT2D eigenvalue weighted by Crippen LogP contribution is 2.24. The van der Waals surface area contributed by atoms with E-state index in [2.05, 4.69) is 24.8 Å². The van der Waals surface area contributed by atoms with Crippen molar-refractivity contribution in [2.45, 2.75) is 39.7 Å². The molecule has 0 saturated carbocycles. The molecule has 0 aromatic heterocycles. The summed E-state index contributed by atoms with van der Waals surface area (Å²) in [5.41, 5.74) is 0. The Morgan fingerprint density at radius 2 is 2.15 bits per heavy atom. The fourth-order valence-corrected chi connectivity index (χ4v) is 2.23. The molecule has 13 heavy (non-hydrogen) atoms. The smallest absolute Gasteiger partial charge is 0.0666 e. The summed E-state index contributed by atoms with van der Waals surface area (Å²) >= 11 is 0. The van der Waals surface area contributed by atoms with Crippen molar-refractivity contribution in [1.82, 2.24) is 4.90 Å². The van der Waals surface area contributed by atoms with Crippen LogP contribution in [0.15, 0.2) is 0 Å². The van der Waals surface area contributed by atoms with Crippen LogP contribution in [0.4, 0.5) is 0 Å². The summed E-state index contributed by atoms with van der Waals surface area (Å²) in [4.78, 5) is 2.48. The molecule has 2 heteroatoms. The minimum Gasteiger partial charge on any atom is -0.299 e. The Balaban J connectivity index is 2.45. The molecule has 0 aliphatic carbocycles. The molecule has 1 rings (SSSR count). The van der Waals surface area contributed by atoms with Gasteiger partial charge >= 0.3 is 0 Å². The van der Waals surface area contributed by atoms with Crippen LogP contribution in [0.2, 0.25) is 0 Å². The van der Waals surface area contributed by atoms with Gasteiger partial charge in [0, 0.05) is 12.6 Å². The molecule has 1 aliphatic rings. The third-order valence-corrected chi connectivity index (χ3v) is 2.91. The van der Waals surface area contributed by atoms with Crippen LogP contribution >= 0.6 is 0 Å². The molecule has 74 valence electrons. The third kappa shape index (κ3) is 2.70. The first-order chi connectivity index (χ1) is 6.15. The summed E-state index contributed by atoms with van der Waals surface area (Å²) in [6.07, 6.45) is 2.62. The van der Waals surface area contributed by atoms with E-state index in [9.17, 15) is 0 Å². The topological polar surface area (TPSA) is 27.0 Å². The molecule has 2 unspecified atom stereocenters. The zero-order chi connectivity index (χ0) is 9.84. The summed E-state index contributed by atoms with van der Waals surface area (Å²) < 4.78 is 0. The minimum atomic E-state index is 0.180. The number of rotatable bonds is 3. The molecule has 1 aliphatic heterocycles. The van der Waals surface area contributed by atoms with Gasteiger partial charge in [0.05, 0.1) is 12.0 Å². The second-order valence-electron chi connectivity index (χ2n) is 4.48. The number of nitriles is 1. The van der Waals surface area contributed by atoms with Crippen molar-refractivity contribution in [3.8, 4) is 6.07 Å². The molecular formula is C11H20N2. The van der Waals surface area contributed by atoms with Crippen LogP contribution in [0, 0.1) is 23.2 Å². The zero-order valence-corrected chi connectivity index (χ0v) is 8.95. The van der Waals surface area contributed by atoms with Crippen LogP contribution in [-0.4, -0.2) is 24.0 Å². The Labute approximate surface area is 81.5 Å². The molecule has 0 bridgehead atoms. The standard InChI is InChI=1S/C11H20N2/c1-9(2)11-5-4-6-13(11)8-10(3)7-12/h9-11H,4-6,8H2,1-3H3. The number of hydrogen-bond acceptors (Lipinski definition) is 2. The van der Waals surface area contributed by atoms with Gasteiger partial charge in [-0.15, -0.1) is 0 Å². The molecule has 1 saturated heterocycles. The van der Waals surface area contributed by atoms with Crippen LogP contribution < -0.4 is 0 Å². The minimum absolute atomic E-state index is 0.180. The second-order valence-corrected chi connectivity index (χ2v) is 4.48. The van der Waals surface area contributed by atoms with Crippen molar-refractivity contribution in [3.63, 3.8) is 0 Å². The highest BCUT2D eigenvalue weighted by molar-refractivity contribution is 4.87. The maximum absolute atomic E-state index is 8.74. The summed E-state index contributed by atoms with van der Waals surface area (Å²) in [5, 5.41) is 8.74. The van der Waals surface area contributed by atoms with Crippen LogP contribution in [-0.2, 0) is 0 Å². The Hall–Kier alpha value is -0.550. The van der Waals surface area contributed by atoms with E-state index in [4.69, 9.17) is 5.26 Å². The van der Waals surface area contributed by atoms with E-state index < -0.39 is 0 Å². The molecule has 0 amide bonds. The largest absolute Gasteiger partial charge is 0.299 e. The summed E-state index contributed by atoms with van der Waals surface area (Å²) in [6.45, 7) is 8.71. The highest BCUT2D eigenvalue weighted by atomic mass is 15.2. The van der Waals surface area contributed by atoms with Gasteiger partial charge in [-0.05, 0) is 32.2 Å². The molecule has 2 atom stereocenters. The molecule has 0 spiro atoms. The molecule has 0 aromatic rings. The van der Waals surface area contributed by atoms with Crippen molar-refractivity contribution in [2.24, 2.45) is 11.8 Å². The van der Waals surface area contributed by atoms with Gasteiger partial charge in [-0.25, -0.2) is 0 Å². The molecule has 0 N–H and O–H groups in total. The van der Waals surface area contributed by atoms with Crippen LogP contribution in [0.25, 0.3) is 0 Å². The molecule has 1 heterocycles.